The molecule has 2 aromatic rings. The molecule has 22 heavy (non-hydrogen) atoms. The van der Waals surface area contributed by atoms with Crippen LogP contribution in [0.1, 0.15) is 24.2 Å². The summed E-state index contributed by atoms with van der Waals surface area (Å²) in [4.78, 5) is 0. The Bertz CT molecular complexity index is 636. The van der Waals surface area contributed by atoms with E-state index in [0.717, 1.165) is 17.0 Å². The van der Waals surface area contributed by atoms with Gasteiger partial charge in [0.2, 0.25) is 0 Å². The van der Waals surface area contributed by atoms with E-state index in [1.54, 1.807) is 6.07 Å². The van der Waals surface area contributed by atoms with E-state index in [0.29, 0.717) is 0 Å². The zero-order valence-corrected chi connectivity index (χ0v) is 13.7. The van der Waals surface area contributed by atoms with Gasteiger partial charge in [-0.05, 0) is 31.0 Å². The van der Waals surface area contributed by atoms with Crippen LogP contribution in [-0.2, 0) is 6.42 Å². The van der Waals surface area contributed by atoms with Gasteiger partial charge < -0.3 is 10.4 Å². The molecule has 2 rings (SSSR count). The van der Waals surface area contributed by atoms with Gasteiger partial charge in [-0.25, -0.2) is 4.39 Å². The van der Waals surface area contributed by atoms with E-state index in [-0.39, 0.29) is 23.2 Å². The van der Waals surface area contributed by atoms with Gasteiger partial charge in [-0.2, -0.15) is 0 Å². The lowest BCUT2D eigenvalue weighted by Crippen LogP contribution is -2.32. The van der Waals surface area contributed by atoms with Crippen LogP contribution < -0.4 is 5.32 Å². The molecule has 2 N–H and O–H groups in total. The molecule has 0 saturated carbocycles. The van der Waals surface area contributed by atoms with Crippen LogP contribution in [0.2, 0.25) is 10.0 Å². The summed E-state index contributed by atoms with van der Waals surface area (Å²) in [5.74, 6) is -0.572. The molecule has 0 aromatic heterocycles. The number of aliphatic hydroxyl groups is 1. The van der Waals surface area contributed by atoms with Crippen LogP contribution in [-0.4, -0.2) is 17.7 Å². The molecule has 2 nitrogen and oxygen atoms in total. The topological polar surface area (TPSA) is 32.3 Å². The Morgan fingerprint density at radius 2 is 1.77 bits per heavy atom. The SMILES string of the molecule is CC(Cc1ccccc1Cl)NCC(O)c1cccc(Cl)c1F. The van der Waals surface area contributed by atoms with E-state index < -0.39 is 11.9 Å². The molecule has 2 atom stereocenters. The summed E-state index contributed by atoms with van der Waals surface area (Å²) in [6.07, 6.45) is -0.225. The molecule has 118 valence electrons. The van der Waals surface area contributed by atoms with Crippen molar-refractivity contribution in [3.05, 3.63) is 69.5 Å². The lowest BCUT2D eigenvalue weighted by Gasteiger charge is -2.18. The summed E-state index contributed by atoms with van der Waals surface area (Å²) in [6.45, 7) is 2.23. The summed E-state index contributed by atoms with van der Waals surface area (Å²) in [5, 5.41) is 14.0. The molecule has 0 fully saturated rings. The third-order valence-electron chi connectivity index (χ3n) is 3.48. The number of hydrogen-bond donors (Lipinski definition) is 2. The quantitative estimate of drug-likeness (QED) is 0.816. The molecule has 0 bridgehead atoms. The largest absolute Gasteiger partial charge is 0.387 e. The highest BCUT2D eigenvalue weighted by Gasteiger charge is 2.16. The second-order valence-electron chi connectivity index (χ2n) is 5.26. The van der Waals surface area contributed by atoms with Crippen LogP contribution in [0.5, 0.6) is 0 Å². The molecular weight excluding hydrogens is 324 g/mol. The highest BCUT2D eigenvalue weighted by Crippen LogP contribution is 2.23. The van der Waals surface area contributed by atoms with Crippen LogP contribution in [0.3, 0.4) is 0 Å². The molecule has 0 aliphatic heterocycles. The third-order valence-corrected chi connectivity index (χ3v) is 4.14. The monoisotopic (exact) mass is 341 g/mol. The van der Waals surface area contributed by atoms with Gasteiger partial charge in [0.1, 0.15) is 5.82 Å². The predicted octanol–water partition coefficient (Wildman–Crippen LogP) is 4.39. The summed E-state index contributed by atoms with van der Waals surface area (Å²) in [6, 6.07) is 12.3. The maximum Gasteiger partial charge on any atom is 0.147 e. The van der Waals surface area contributed by atoms with Gasteiger partial charge in [-0.15, -0.1) is 0 Å². The lowest BCUT2D eigenvalue weighted by atomic mass is 10.1. The Morgan fingerprint density at radius 3 is 2.50 bits per heavy atom. The van der Waals surface area contributed by atoms with E-state index in [1.165, 1.54) is 12.1 Å². The molecule has 0 radical (unpaired) electrons. The highest BCUT2D eigenvalue weighted by molar-refractivity contribution is 6.31. The van der Waals surface area contributed by atoms with Crippen molar-refractivity contribution in [2.45, 2.75) is 25.5 Å². The first-order chi connectivity index (χ1) is 10.5. The zero-order chi connectivity index (χ0) is 16.1. The van der Waals surface area contributed by atoms with Crippen molar-refractivity contribution in [2.75, 3.05) is 6.54 Å². The Balaban J connectivity index is 1.92. The molecule has 0 saturated heterocycles. The van der Waals surface area contributed by atoms with Gasteiger partial charge in [0.25, 0.3) is 0 Å². The molecule has 5 heteroatoms. The van der Waals surface area contributed by atoms with E-state index in [9.17, 15) is 9.50 Å². The minimum absolute atomic E-state index is 0.0145. The van der Waals surface area contributed by atoms with E-state index in [4.69, 9.17) is 23.2 Å². The average Bonchev–Trinajstić information content (AvgIpc) is 2.50. The van der Waals surface area contributed by atoms with Crippen molar-refractivity contribution >= 4 is 23.2 Å². The van der Waals surface area contributed by atoms with Crippen LogP contribution in [0.4, 0.5) is 4.39 Å². The number of halogens is 3. The van der Waals surface area contributed by atoms with Crippen molar-refractivity contribution < 1.29 is 9.50 Å². The van der Waals surface area contributed by atoms with E-state index in [1.807, 2.05) is 31.2 Å². The average molecular weight is 342 g/mol. The molecule has 0 amide bonds. The van der Waals surface area contributed by atoms with Crippen molar-refractivity contribution in [1.82, 2.24) is 5.32 Å². The summed E-state index contributed by atoms with van der Waals surface area (Å²) >= 11 is 11.8. The molecule has 0 heterocycles. The van der Waals surface area contributed by atoms with Crippen LogP contribution in [0, 0.1) is 5.82 Å². The summed E-state index contributed by atoms with van der Waals surface area (Å²) < 4.78 is 13.8. The Kier molecular flexibility index (Phi) is 6.21. The molecule has 0 aliphatic carbocycles. The fraction of sp³-hybridized carbons (Fsp3) is 0.294. The normalized spacial score (nSPS) is 13.9. The molecule has 2 aromatic carbocycles. The highest BCUT2D eigenvalue weighted by atomic mass is 35.5. The van der Waals surface area contributed by atoms with Crippen LogP contribution in [0.25, 0.3) is 0 Å². The van der Waals surface area contributed by atoms with Crippen molar-refractivity contribution in [1.29, 1.82) is 0 Å². The van der Waals surface area contributed by atoms with Crippen molar-refractivity contribution in [3.63, 3.8) is 0 Å². The second-order valence-corrected chi connectivity index (χ2v) is 6.08. The summed E-state index contributed by atoms with van der Waals surface area (Å²) in [5.41, 5.74) is 1.23. The number of aliphatic hydroxyl groups excluding tert-OH is 1. The minimum Gasteiger partial charge on any atom is -0.387 e. The maximum atomic E-state index is 13.8. The second kappa shape index (κ2) is 7.93. The lowest BCUT2D eigenvalue weighted by molar-refractivity contribution is 0.166. The van der Waals surface area contributed by atoms with Gasteiger partial charge in [0.05, 0.1) is 11.1 Å². The van der Waals surface area contributed by atoms with Crippen LogP contribution in [0.15, 0.2) is 42.5 Å². The first kappa shape index (κ1) is 17.2. The Morgan fingerprint density at radius 1 is 1.09 bits per heavy atom. The number of rotatable bonds is 6. The number of nitrogens with one attached hydrogen (secondary N) is 1. The molecule has 0 aliphatic rings. The maximum absolute atomic E-state index is 13.8. The smallest absolute Gasteiger partial charge is 0.147 e. The van der Waals surface area contributed by atoms with Crippen molar-refractivity contribution in [2.24, 2.45) is 0 Å². The Labute approximate surface area is 139 Å². The first-order valence-corrected chi connectivity index (χ1v) is 7.83. The summed E-state index contributed by atoms with van der Waals surface area (Å²) in [7, 11) is 0. The fourth-order valence-electron chi connectivity index (χ4n) is 2.27. The molecular formula is C17H18Cl2FNO. The first-order valence-electron chi connectivity index (χ1n) is 7.07. The zero-order valence-electron chi connectivity index (χ0n) is 12.2. The number of hydrogen-bond acceptors (Lipinski definition) is 2. The minimum atomic E-state index is -0.951. The fourth-order valence-corrected chi connectivity index (χ4v) is 2.66. The standard InChI is InChI=1S/C17H18Cl2FNO/c1-11(9-12-5-2-3-7-14(12)18)21-10-16(22)13-6-4-8-15(19)17(13)20/h2-8,11,16,21-22H,9-10H2,1H3. The van der Waals surface area contributed by atoms with Gasteiger partial charge in [-0.1, -0.05) is 53.5 Å². The Hall–Kier alpha value is -1.13. The molecule has 0 spiro atoms. The van der Waals surface area contributed by atoms with Gasteiger partial charge in [-0.3, -0.25) is 0 Å². The molecule has 2 unspecified atom stereocenters. The van der Waals surface area contributed by atoms with E-state index >= 15 is 0 Å². The van der Waals surface area contributed by atoms with Gasteiger partial charge in [0.15, 0.2) is 0 Å². The predicted molar refractivity (Wildman–Crippen MR) is 89.0 cm³/mol. The van der Waals surface area contributed by atoms with Gasteiger partial charge >= 0.3 is 0 Å². The van der Waals surface area contributed by atoms with Crippen LogP contribution >= 0.6 is 23.2 Å². The number of benzene rings is 2. The third kappa shape index (κ3) is 4.43. The van der Waals surface area contributed by atoms with Gasteiger partial charge in [0, 0.05) is 23.2 Å². The van der Waals surface area contributed by atoms with Crippen molar-refractivity contribution in [3.8, 4) is 0 Å². The van der Waals surface area contributed by atoms with E-state index in [2.05, 4.69) is 5.32 Å².